The van der Waals surface area contributed by atoms with Crippen molar-refractivity contribution >= 4 is 21.8 Å². The predicted octanol–water partition coefficient (Wildman–Crippen LogP) is 2.38. The van der Waals surface area contributed by atoms with Crippen LogP contribution in [0.25, 0.3) is 0 Å². The van der Waals surface area contributed by atoms with Gasteiger partial charge in [-0.1, -0.05) is 44.2 Å². The van der Waals surface area contributed by atoms with Gasteiger partial charge in [-0.3, -0.25) is 0 Å². The summed E-state index contributed by atoms with van der Waals surface area (Å²) < 4.78 is 44.9. The van der Waals surface area contributed by atoms with Crippen molar-refractivity contribution in [2.45, 2.75) is 56.1 Å². The molecule has 4 N–H and O–H groups in total. The van der Waals surface area contributed by atoms with E-state index in [2.05, 4.69) is 5.32 Å². The van der Waals surface area contributed by atoms with E-state index in [1.54, 1.807) is 0 Å². The number of carbonyl (C=O) groups is 1. The summed E-state index contributed by atoms with van der Waals surface area (Å²) in [6.07, 6.45) is -1.69. The molecule has 208 valence electrons. The zero-order valence-electron chi connectivity index (χ0n) is 21.7. The molecule has 0 bridgehead atoms. The van der Waals surface area contributed by atoms with Crippen LogP contribution >= 0.6 is 0 Å². The fraction of sp³-hybridized carbons (Fsp3) is 0.519. The van der Waals surface area contributed by atoms with Gasteiger partial charge in [0.05, 0.1) is 36.2 Å². The average molecular weight is 548 g/mol. The zero-order valence-corrected chi connectivity index (χ0v) is 22.5. The molecule has 2 aromatic carbocycles. The van der Waals surface area contributed by atoms with E-state index in [0.29, 0.717) is 12.3 Å². The summed E-state index contributed by atoms with van der Waals surface area (Å²) >= 11 is 0. The summed E-state index contributed by atoms with van der Waals surface area (Å²) in [5.74, 6) is -0.0231. The summed E-state index contributed by atoms with van der Waals surface area (Å²) in [5.41, 5.74) is 7.07. The van der Waals surface area contributed by atoms with Crippen molar-refractivity contribution in [1.82, 2.24) is 9.62 Å². The van der Waals surface area contributed by atoms with Crippen LogP contribution in [-0.4, -0.2) is 74.8 Å². The number of alkyl carbamates (subject to hydrolysis) is 1. The number of ether oxygens (including phenoxy) is 3. The SMILES string of the molecule is CC(C)CN(C[C@H](O)[C@@H](Cc1ccccc1)NC(=O)O[C@@H]1CO[C@H]2OCC[C@H]21)S(=O)(=O)c1ccc(N)cc1. The number of amides is 1. The first-order valence-electron chi connectivity index (χ1n) is 12.9. The first-order chi connectivity index (χ1) is 18.1. The third-order valence-corrected chi connectivity index (χ3v) is 8.63. The second-order valence-electron chi connectivity index (χ2n) is 10.3. The summed E-state index contributed by atoms with van der Waals surface area (Å²) in [6.45, 7) is 4.58. The van der Waals surface area contributed by atoms with Crippen molar-refractivity contribution in [1.29, 1.82) is 0 Å². The number of sulfonamides is 1. The topological polar surface area (TPSA) is 140 Å². The highest BCUT2D eigenvalue weighted by Crippen LogP contribution is 2.33. The molecule has 0 radical (unpaired) electrons. The molecule has 11 heteroatoms. The molecule has 5 atom stereocenters. The normalized spacial score (nSPS) is 22.8. The number of fused-ring (bicyclic) bond motifs is 1. The molecule has 2 saturated heterocycles. The highest BCUT2D eigenvalue weighted by Gasteiger charge is 2.44. The van der Waals surface area contributed by atoms with Crippen LogP contribution in [0.1, 0.15) is 25.8 Å². The van der Waals surface area contributed by atoms with Gasteiger partial charge in [0, 0.05) is 18.8 Å². The van der Waals surface area contributed by atoms with Crippen LogP contribution in [0.4, 0.5) is 10.5 Å². The number of nitrogens with one attached hydrogen (secondary N) is 1. The van der Waals surface area contributed by atoms with Crippen molar-refractivity contribution in [3.63, 3.8) is 0 Å². The van der Waals surface area contributed by atoms with E-state index in [4.69, 9.17) is 19.9 Å². The minimum Gasteiger partial charge on any atom is -0.443 e. The summed E-state index contributed by atoms with van der Waals surface area (Å²) in [4.78, 5) is 13.0. The highest BCUT2D eigenvalue weighted by molar-refractivity contribution is 7.89. The number of aliphatic hydroxyl groups excluding tert-OH is 1. The minimum absolute atomic E-state index is 0.000183. The molecule has 4 rings (SSSR count). The van der Waals surface area contributed by atoms with Crippen molar-refractivity contribution in [3.05, 3.63) is 60.2 Å². The van der Waals surface area contributed by atoms with Gasteiger partial charge in [-0.05, 0) is 48.6 Å². The molecule has 2 aliphatic heterocycles. The first-order valence-corrected chi connectivity index (χ1v) is 14.4. The van der Waals surface area contributed by atoms with E-state index < -0.39 is 34.4 Å². The van der Waals surface area contributed by atoms with Crippen LogP contribution in [0, 0.1) is 11.8 Å². The molecule has 2 fully saturated rings. The number of aliphatic hydroxyl groups is 1. The van der Waals surface area contributed by atoms with Crippen molar-refractivity contribution in [2.24, 2.45) is 11.8 Å². The molecule has 2 heterocycles. The third-order valence-electron chi connectivity index (χ3n) is 6.79. The van der Waals surface area contributed by atoms with Crippen LogP contribution in [0.15, 0.2) is 59.5 Å². The molecular weight excluding hydrogens is 510 g/mol. The highest BCUT2D eigenvalue weighted by atomic mass is 32.2. The molecule has 2 aliphatic rings. The van der Waals surface area contributed by atoms with Crippen molar-refractivity contribution < 1.29 is 32.5 Å². The number of nitrogens with two attached hydrogens (primary N) is 1. The zero-order chi connectivity index (χ0) is 27.3. The lowest BCUT2D eigenvalue weighted by molar-refractivity contribution is -0.0907. The van der Waals surface area contributed by atoms with Crippen molar-refractivity contribution in [3.8, 4) is 0 Å². The number of hydrogen-bond acceptors (Lipinski definition) is 8. The quantitative estimate of drug-likeness (QED) is 0.364. The Hall–Kier alpha value is -2.70. The maximum absolute atomic E-state index is 13.5. The lowest BCUT2D eigenvalue weighted by Gasteiger charge is -2.31. The van der Waals surface area contributed by atoms with E-state index in [1.165, 1.54) is 28.6 Å². The molecule has 10 nitrogen and oxygen atoms in total. The third kappa shape index (κ3) is 7.03. The lowest BCUT2D eigenvalue weighted by atomic mass is 10.0. The Morgan fingerprint density at radius 1 is 1.13 bits per heavy atom. The Morgan fingerprint density at radius 2 is 1.84 bits per heavy atom. The number of anilines is 1. The van der Waals surface area contributed by atoms with Crippen molar-refractivity contribution in [2.75, 3.05) is 32.0 Å². The number of nitrogens with zero attached hydrogens (tertiary/aromatic N) is 1. The molecule has 0 aromatic heterocycles. The number of rotatable bonds is 11. The minimum atomic E-state index is -3.93. The van der Waals surface area contributed by atoms with Crippen LogP contribution in [0.2, 0.25) is 0 Å². The summed E-state index contributed by atoms with van der Waals surface area (Å²) in [7, 11) is -3.93. The molecule has 1 amide bonds. The second-order valence-corrected chi connectivity index (χ2v) is 12.2. The summed E-state index contributed by atoms with van der Waals surface area (Å²) in [6, 6.07) is 14.5. The van der Waals surface area contributed by atoms with Gasteiger partial charge >= 0.3 is 6.09 Å². The predicted molar refractivity (Wildman–Crippen MR) is 142 cm³/mol. The van der Waals surface area contributed by atoms with Gasteiger partial charge in [0.1, 0.15) is 6.10 Å². The number of carbonyl (C=O) groups excluding carboxylic acids is 1. The Labute approximate surface area is 224 Å². The van der Waals surface area contributed by atoms with Crippen LogP contribution in [-0.2, 0) is 30.7 Å². The van der Waals surface area contributed by atoms with Gasteiger partial charge < -0.3 is 30.4 Å². The standard InChI is InChI=1S/C27H37N3O7S/c1-18(2)15-30(38(33,34)21-10-8-20(28)9-11-21)16-24(31)23(14-19-6-4-3-5-7-19)29-27(32)37-25-17-36-26-22(25)12-13-35-26/h3-11,18,22-26,31H,12-17,28H2,1-2H3,(H,29,32)/t22-,23+,24-,25+,26+/m0/s1. The lowest BCUT2D eigenvalue weighted by Crippen LogP contribution is -2.51. The average Bonchev–Trinajstić information content (AvgIpc) is 3.49. The van der Waals surface area contributed by atoms with Gasteiger partial charge in [-0.25, -0.2) is 13.2 Å². The first kappa shape index (κ1) is 28.3. The van der Waals surface area contributed by atoms with Crippen LogP contribution in [0.5, 0.6) is 0 Å². The monoisotopic (exact) mass is 547 g/mol. The maximum atomic E-state index is 13.5. The number of hydrogen-bond donors (Lipinski definition) is 3. The smallest absolute Gasteiger partial charge is 0.407 e. The maximum Gasteiger partial charge on any atom is 0.407 e. The molecule has 0 saturated carbocycles. The summed E-state index contributed by atoms with van der Waals surface area (Å²) in [5, 5.41) is 14.1. The van der Waals surface area contributed by atoms with Gasteiger partial charge in [0.2, 0.25) is 10.0 Å². The fourth-order valence-corrected chi connectivity index (χ4v) is 6.45. The fourth-order valence-electron chi connectivity index (χ4n) is 4.82. The second kappa shape index (κ2) is 12.4. The van der Waals surface area contributed by atoms with E-state index in [0.717, 1.165) is 12.0 Å². The van der Waals surface area contributed by atoms with E-state index >= 15 is 0 Å². The number of nitrogen functional groups attached to an aromatic ring is 1. The van der Waals surface area contributed by atoms with Gasteiger partial charge in [-0.15, -0.1) is 0 Å². The van der Waals surface area contributed by atoms with Crippen LogP contribution < -0.4 is 11.1 Å². The Kier molecular flexibility index (Phi) is 9.27. The Balaban J connectivity index is 1.51. The molecule has 0 unspecified atom stereocenters. The molecule has 0 aliphatic carbocycles. The Bertz CT molecular complexity index is 1160. The van der Waals surface area contributed by atoms with Gasteiger partial charge in [-0.2, -0.15) is 4.31 Å². The van der Waals surface area contributed by atoms with Crippen LogP contribution in [0.3, 0.4) is 0 Å². The molecule has 0 spiro atoms. The largest absolute Gasteiger partial charge is 0.443 e. The molecule has 2 aromatic rings. The van der Waals surface area contributed by atoms with E-state index in [9.17, 15) is 18.3 Å². The van der Waals surface area contributed by atoms with E-state index in [1.807, 2.05) is 44.2 Å². The van der Waals surface area contributed by atoms with Gasteiger partial charge in [0.25, 0.3) is 0 Å². The molecular formula is C27H37N3O7S. The van der Waals surface area contributed by atoms with E-state index in [-0.39, 0.29) is 49.1 Å². The Morgan fingerprint density at radius 3 is 2.53 bits per heavy atom. The number of benzene rings is 2. The molecule has 38 heavy (non-hydrogen) atoms. The van der Waals surface area contributed by atoms with Gasteiger partial charge in [0.15, 0.2) is 6.29 Å².